The third kappa shape index (κ3) is 2.42. The Morgan fingerprint density at radius 2 is 2.04 bits per heavy atom. The normalized spacial score (nSPS) is 17.4. The molecule has 4 rings (SSSR count). The first-order valence-electron chi connectivity index (χ1n) is 8.08. The molecule has 1 aliphatic carbocycles. The number of ketones is 1. The predicted molar refractivity (Wildman–Crippen MR) is 86.6 cm³/mol. The number of Topliss-reactive ketones (excluding diaryl/α,β-unsaturated/α-hetero) is 1. The Hall–Kier alpha value is -2.56. The number of benzene rings is 1. The highest BCUT2D eigenvalue weighted by Crippen LogP contribution is 2.32. The number of rotatable bonds is 3. The first-order valence-corrected chi connectivity index (χ1v) is 8.08. The van der Waals surface area contributed by atoms with Crippen LogP contribution in [0.3, 0.4) is 0 Å². The van der Waals surface area contributed by atoms with E-state index in [0.29, 0.717) is 17.8 Å². The van der Waals surface area contributed by atoms with Gasteiger partial charge in [-0.2, -0.15) is 4.98 Å². The number of carbonyl (C=O) groups excluding carboxylic acids is 1. The van der Waals surface area contributed by atoms with Gasteiger partial charge in [0.1, 0.15) is 0 Å². The number of aromatic nitrogens is 4. The highest BCUT2D eigenvalue weighted by atomic mass is 16.1. The van der Waals surface area contributed by atoms with Crippen molar-refractivity contribution in [1.82, 2.24) is 19.6 Å². The Balaban J connectivity index is 1.80. The Morgan fingerprint density at radius 3 is 2.83 bits per heavy atom. The molecular weight excluding hydrogens is 288 g/mol. The quantitative estimate of drug-likeness (QED) is 0.746. The van der Waals surface area contributed by atoms with Crippen molar-refractivity contribution in [3.63, 3.8) is 0 Å². The number of hydrogen-bond acceptors (Lipinski definition) is 4. The lowest BCUT2D eigenvalue weighted by Gasteiger charge is -2.23. The summed E-state index contributed by atoms with van der Waals surface area (Å²) in [6, 6.07) is 10.2. The summed E-state index contributed by atoms with van der Waals surface area (Å²) < 4.78 is 1.77. The van der Waals surface area contributed by atoms with E-state index in [0.717, 1.165) is 30.8 Å². The van der Waals surface area contributed by atoms with Crippen LogP contribution in [0.15, 0.2) is 36.5 Å². The van der Waals surface area contributed by atoms with Crippen LogP contribution in [0.1, 0.15) is 53.1 Å². The van der Waals surface area contributed by atoms with E-state index in [9.17, 15) is 4.79 Å². The molecule has 0 radical (unpaired) electrons. The van der Waals surface area contributed by atoms with Crippen molar-refractivity contribution in [2.75, 3.05) is 0 Å². The number of nitrogens with zero attached hydrogens (tertiary/aromatic N) is 4. The van der Waals surface area contributed by atoms with Crippen molar-refractivity contribution in [1.29, 1.82) is 0 Å². The fourth-order valence-corrected chi connectivity index (χ4v) is 3.28. The summed E-state index contributed by atoms with van der Waals surface area (Å²) >= 11 is 0. The second kappa shape index (κ2) is 5.57. The van der Waals surface area contributed by atoms with E-state index < -0.39 is 0 Å². The molecule has 1 aliphatic rings. The maximum absolute atomic E-state index is 12.5. The van der Waals surface area contributed by atoms with Gasteiger partial charge in [0.15, 0.2) is 11.6 Å². The molecular formula is C18H18N4O. The van der Waals surface area contributed by atoms with E-state index >= 15 is 0 Å². The molecule has 3 aromatic rings. The van der Waals surface area contributed by atoms with Crippen LogP contribution in [0.4, 0.5) is 0 Å². The fraction of sp³-hybridized carbons (Fsp3) is 0.333. The van der Waals surface area contributed by atoms with Crippen LogP contribution in [-0.2, 0) is 12.8 Å². The Morgan fingerprint density at radius 1 is 1.22 bits per heavy atom. The monoisotopic (exact) mass is 306 g/mol. The van der Waals surface area contributed by atoms with Crippen molar-refractivity contribution in [2.24, 2.45) is 0 Å². The van der Waals surface area contributed by atoms with Crippen LogP contribution in [0, 0.1) is 0 Å². The number of fused-ring (bicyclic) bond motifs is 3. The van der Waals surface area contributed by atoms with Gasteiger partial charge >= 0.3 is 0 Å². The Labute approximate surface area is 134 Å². The van der Waals surface area contributed by atoms with Crippen molar-refractivity contribution in [3.8, 4) is 0 Å². The van der Waals surface area contributed by atoms with Crippen LogP contribution in [0.5, 0.6) is 0 Å². The molecule has 0 bridgehead atoms. The second-order valence-corrected chi connectivity index (χ2v) is 6.05. The standard InChI is InChI=1S/C18H18N4O/c1-2-6-17-20-18-19-11-14-15(22(18)21-17)9-13(10-16(14)23)12-7-4-3-5-8-12/h3-5,7-8,11,13H,2,6,9-10H2,1H3. The molecule has 0 saturated carbocycles. The van der Waals surface area contributed by atoms with Crippen LogP contribution in [-0.4, -0.2) is 25.4 Å². The van der Waals surface area contributed by atoms with E-state index in [1.807, 2.05) is 18.2 Å². The van der Waals surface area contributed by atoms with Crippen molar-refractivity contribution in [3.05, 3.63) is 59.2 Å². The molecule has 2 aromatic heterocycles. The van der Waals surface area contributed by atoms with Crippen LogP contribution < -0.4 is 0 Å². The summed E-state index contributed by atoms with van der Waals surface area (Å²) in [5.74, 6) is 1.72. The minimum absolute atomic E-state index is 0.141. The molecule has 0 N–H and O–H groups in total. The molecule has 0 amide bonds. The lowest BCUT2D eigenvalue weighted by molar-refractivity contribution is 0.0962. The first kappa shape index (κ1) is 14.1. The van der Waals surface area contributed by atoms with Gasteiger partial charge in [0, 0.05) is 19.0 Å². The molecule has 0 aliphatic heterocycles. The number of carbonyl (C=O) groups is 1. The van der Waals surface area contributed by atoms with E-state index in [4.69, 9.17) is 0 Å². The van der Waals surface area contributed by atoms with Crippen LogP contribution >= 0.6 is 0 Å². The Kier molecular flexibility index (Phi) is 3.41. The third-order valence-corrected chi connectivity index (χ3v) is 4.43. The lowest BCUT2D eigenvalue weighted by Crippen LogP contribution is -2.22. The molecule has 5 nitrogen and oxygen atoms in total. The van der Waals surface area contributed by atoms with Crippen LogP contribution in [0.2, 0.25) is 0 Å². The molecule has 1 aromatic carbocycles. The van der Waals surface area contributed by atoms with E-state index in [2.05, 4.69) is 34.1 Å². The smallest absolute Gasteiger partial charge is 0.252 e. The summed E-state index contributed by atoms with van der Waals surface area (Å²) in [4.78, 5) is 21.3. The van der Waals surface area contributed by atoms with Gasteiger partial charge in [-0.3, -0.25) is 4.79 Å². The molecule has 116 valence electrons. The average molecular weight is 306 g/mol. The molecule has 1 unspecified atom stereocenters. The summed E-state index contributed by atoms with van der Waals surface area (Å²) in [6.45, 7) is 2.10. The maximum atomic E-state index is 12.5. The fourth-order valence-electron chi connectivity index (χ4n) is 3.28. The zero-order valence-corrected chi connectivity index (χ0v) is 13.1. The van der Waals surface area contributed by atoms with E-state index in [1.165, 1.54) is 5.56 Å². The SMILES string of the molecule is CCCc1nc2ncc3c(n2n1)CC(c1ccccc1)CC3=O. The molecule has 5 heteroatoms. The van der Waals surface area contributed by atoms with Gasteiger partial charge in [0.05, 0.1) is 11.3 Å². The van der Waals surface area contributed by atoms with Gasteiger partial charge in [-0.05, 0) is 24.3 Å². The minimum atomic E-state index is 0.141. The van der Waals surface area contributed by atoms with Gasteiger partial charge in [0.25, 0.3) is 5.78 Å². The largest absolute Gasteiger partial charge is 0.294 e. The van der Waals surface area contributed by atoms with Crippen molar-refractivity contribution >= 4 is 11.6 Å². The van der Waals surface area contributed by atoms with Gasteiger partial charge in [-0.15, -0.1) is 5.10 Å². The van der Waals surface area contributed by atoms with Gasteiger partial charge in [-0.1, -0.05) is 37.3 Å². The maximum Gasteiger partial charge on any atom is 0.252 e. The first-order chi connectivity index (χ1) is 11.3. The molecule has 2 heterocycles. The zero-order chi connectivity index (χ0) is 15.8. The molecule has 23 heavy (non-hydrogen) atoms. The molecule has 0 fully saturated rings. The molecule has 1 atom stereocenters. The van der Waals surface area contributed by atoms with E-state index in [-0.39, 0.29) is 11.7 Å². The summed E-state index contributed by atoms with van der Waals surface area (Å²) in [5, 5.41) is 4.57. The van der Waals surface area contributed by atoms with E-state index in [1.54, 1.807) is 10.7 Å². The lowest BCUT2D eigenvalue weighted by atomic mass is 9.82. The number of hydrogen-bond donors (Lipinski definition) is 0. The van der Waals surface area contributed by atoms with Gasteiger partial charge in [0.2, 0.25) is 0 Å². The zero-order valence-electron chi connectivity index (χ0n) is 13.1. The van der Waals surface area contributed by atoms with Crippen molar-refractivity contribution < 1.29 is 4.79 Å². The highest BCUT2D eigenvalue weighted by Gasteiger charge is 2.29. The minimum Gasteiger partial charge on any atom is -0.294 e. The number of aryl methyl sites for hydroxylation is 1. The summed E-state index contributed by atoms with van der Waals surface area (Å²) in [7, 11) is 0. The van der Waals surface area contributed by atoms with Gasteiger partial charge < -0.3 is 0 Å². The average Bonchev–Trinajstić information content (AvgIpc) is 2.99. The predicted octanol–water partition coefficient (Wildman–Crippen LogP) is 2.99. The topological polar surface area (TPSA) is 60.1 Å². The highest BCUT2D eigenvalue weighted by molar-refractivity contribution is 5.98. The Bertz CT molecular complexity index is 869. The second-order valence-electron chi connectivity index (χ2n) is 6.05. The van der Waals surface area contributed by atoms with Crippen LogP contribution in [0.25, 0.3) is 5.78 Å². The van der Waals surface area contributed by atoms with Gasteiger partial charge in [-0.25, -0.2) is 9.50 Å². The van der Waals surface area contributed by atoms with Crippen molar-refractivity contribution in [2.45, 2.75) is 38.5 Å². The summed E-state index contributed by atoms with van der Waals surface area (Å²) in [6.07, 6.45) is 4.80. The molecule has 0 spiro atoms. The molecule has 0 saturated heterocycles. The third-order valence-electron chi connectivity index (χ3n) is 4.43. The summed E-state index contributed by atoms with van der Waals surface area (Å²) in [5.41, 5.74) is 2.83.